The molecule has 33 heavy (non-hydrogen) atoms. The van der Waals surface area contributed by atoms with Gasteiger partial charge in [0, 0.05) is 32.7 Å². The van der Waals surface area contributed by atoms with Crippen molar-refractivity contribution in [1.29, 1.82) is 0 Å². The molecule has 0 unspecified atom stereocenters. The highest BCUT2D eigenvalue weighted by atomic mass is 16.5. The van der Waals surface area contributed by atoms with Crippen LogP contribution in [0, 0.1) is 0 Å². The van der Waals surface area contributed by atoms with Gasteiger partial charge in [0.05, 0.1) is 17.5 Å². The van der Waals surface area contributed by atoms with Crippen molar-refractivity contribution in [2.24, 2.45) is 0 Å². The van der Waals surface area contributed by atoms with Crippen molar-refractivity contribution in [2.75, 3.05) is 32.8 Å². The minimum absolute atomic E-state index is 0.00442. The Hall–Kier alpha value is -3.61. The van der Waals surface area contributed by atoms with E-state index in [0.29, 0.717) is 31.9 Å². The summed E-state index contributed by atoms with van der Waals surface area (Å²) in [5, 5.41) is 4.38. The molecule has 0 aliphatic carbocycles. The van der Waals surface area contributed by atoms with E-state index in [9.17, 15) is 9.59 Å². The third kappa shape index (κ3) is 4.62. The molecule has 3 aromatic rings. The Morgan fingerprint density at radius 1 is 0.818 bits per heavy atom. The third-order valence-electron chi connectivity index (χ3n) is 6.46. The largest absolute Gasteiger partial charge is 0.484 e. The zero-order valence-electron chi connectivity index (χ0n) is 18.7. The summed E-state index contributed by atoms with van der Waals surface area (Å²) in [6.45, 7) is 2.98. The normalized spacial score (nSPS) is 15.8. The van der Waals surface area contributed by atoms with Crippen LogP contribution in [0.2, 0.25) is 0 Å². The first-order valence-electron chi connectivity index (χ1n) is 11.6. The highest BCUT2D eigenvalue weighted by molar-refractivity contribution is 5.95. The molecule has 0 N–H and O–H groups in total. The van der Waals surface area contributed by atoms with Gasteiger partial charge < -0.3 is 14.5 Å². The number of nitrogens with zero attached hydrogens (tertiary/aromatic N) is 4. The Labute approximate surface area is 193 Å². The summed E-state index contributed by atoms with van der Waals surface area (Å²) < 4.78 is 7.68. The summed E-state index contributed by atoms with van der Waals surface area (Å²) in [6, 6.07) is 17.9. The molecule has 0 saturated carbocycles. The maximum absolute atomic E-state index is 13.0. The summed E-state index contributed by atoms with van der Waals surface area (Å²) in [6.07, 6.45) is 4.83. The predicted octanol–water partition coefficient (Wildman–Crippen LogP) is 3.25. The van der Waals surface area contributed by atoms with Crippen LogP contribution >= 0.6 is 0 Å². The molecule has 7 heteroatoms. The van der Waals surface area contributed by atoms with Crippen LogP contribution in [0.3, 0.4) is 0 Å². The van der Waals surface area contributed by atoms with Crippen LogP contribution in [-0.4, -0.2) is 64.2 Å². The first-order valence-corrected chi connectivity index (χ1v) is 11.6. The van der Waals surface area contributed by atoms with Gasteiger partial charge in [-0.15, -0.1) is 0 Å². The minimum Gasteiger partial charge on any atom is -0.484 e. The molecule has 0 atom stereocenters. The lowest BCUT2D eigenvalue weighted by Crippen LogP contribution is -2.51. The lowest BCUT2D eigenvalue weighted by atomic mass is 10.1. The van der Waals surface area contributed by atoms with Crippen molar-refractivity contribution < 1.29 is 14.3 Å². The smallest absolute Gasteiger partial charge is 0.260 e. The molecule has 7 nitrogen and oxygen atoms in total. The first-order chi connectivity index (χ1) is 16.2. The fourth-order valence-electron chi connectivity index (χ4n) is 4.54. The molecule has 2 aromatic carbocycles. The number of hydrogen-bond acceptors (Lipinski definition) is 4. The molecule has 0 bridgehead atoms. The van der Waals surface area contributed by atoms with Gasteiger partial charge in [-0.25, -0.2) is 0 Å². The number of rotatable bonds is 5. The number of carbonyl (C=O) groups excluding carboxylic acids is 2. The minimum atomic E-state index is -0.0582. The van der Waals surface area contributed by atoms with Crippen LogP contribution in [-0.2, 0) is 17.8 Å². The lowest BCUT2D eigenvalue weighted by Gasteiger charge is -2.34. The highest BCUT2D eigenvalue weighted by Gasteiger charge is 2.28. The second-order valence-corrected chi connectivity index (χ2v) is 8.54. The molecule has 0 radical (unpaired) electrons. The SMILES string of the molecule is O=C(COc1ccc(-c2ccccc2)cc1)N1CCN(C(=O)c2cnn3c2CCCC3)CC1. The Morgan fingerprint density at radius 3 is 2.27 bits per heavy atom. The van der Waals surface area contributed by atoms with E-state index in [-0.39, 0.29) is 18.4 Å². The molecule has 170 valence electrons. The molecule has 1 saturated heterocycles. The molecule has 2 aliphatic rings. The van der Waals surface area contributed by atoms with Crippen molar-refractivity contribution in [1.82, 2.24) is 19.6 Å². The van der Waals surface area contributed by atoms with E-state index in [1.54, 1.807) is 11.1 Å². The molecule has 5 rings (SSSR count). The molecule has 3 heterocycles. The van der Waals surface area contributed by atoms with Crippen molar-refractivity contribution in [2.45, 2.75) is 25.8 Å². The Balaban J connectivity index is 1.11. The number of piperazine rings is 1. The van der Waals surface area contributed by atoms with E-state index in [1.165, 1.54) is 0 Å². The molecule has 0 spiro atoms. The van der Waals surface area contributed by atoms with Gasteiger partial charge in [0.1, 0.15) is 5.75 Å². The average Bonchev–Trinajstić information content (AvgIpc) is 3.32. The number of aryl methyl sites for hydroxylation is 1. The van der Waals surface area contributed by atoms with Gasteiger partial charge in [-0.2, -0.15) is 5.10 Å². The van der Waals surface area contributed by atoms with Crippen LogP contribution in [0.25, 0.3) is 11.1 Å². The van der Waals surface area contributed by atoms with Gasteiger partial charge in [0.2, 0.25) is 0 Å². The number of hydrogen-bond donors (Lipinski definition) is 0. The summed E-state index contributed by atoms with van der Waals surface area (Å²) >= 11 is 0. The Bertz CT molecular complexity index is 1120. The van der Waals surface area contributed by atoms with Crippen molar-refractivity contribution in [3.05, 3.63) is 72.1 Å². The number of amides is 2. The predicted molar refractivity (Wildman–Crippen MR) is 125 cm³/mol. The molecular weight excluding hydrogens is 416 g/mol. The van der Waals surface area contributed by atoms with Crippen molar-refractivity contribution >= 4 is 11.8 Å². The Morgan fingerprint density at radius 2 is 1.52 bits per heavy atom. The zero-order valence-corrected chi connectivity index (χ0v) is 18.7. The van der Waals surface area contributed by atoms with Crippen LogP contribution in [0.4, 0.5) is 0 Å². The monoisotopic (exact) mass is 444 g/mol. The van der Waals surface area contributed by atoms with Gasteiger partial charge in [-0.3, -0.25) is 14.3 Å². The van der Waals surface area contributed by atoms with Gasteiger partial charge in [-0.1, -0.05) is 42.5 Å². The second kappa shape index (κ2) is 9.48. The van der Waals surface area contributed by atoms with Crippen LogP contribution in [0.1, 0.15) is 28.9 Å². The maximum atomic E-state index is 13.0. The Kier molecular flexibility index (Phi) is 6.11. The van der Waals surface area contributed by atoms with E-state index in [1.807, 2.05) is 52.0 Å². The summed E-state index contributed by atoms with van der Waals surface area (Å²) in [4.78, 5) is 29.2. The number of fused-ring (bicyclic) bond motifs is 1. The molecule has 1 fully saturated rings. The van der Waals surface area contributed by atoms with E-state index in [2.05, 4.69) is 17.2 Å². The zero-order chi connectivity index (χ0) is 22.6. The van der Waals surface area contributed by atoms with Gasteiger partial charge in [-0.05, 0) is 42.5 Å². The van der Waals surface area contributed by atoms with Crippen LogP contribution < -0.4 is 4.74 Å². The van der Waals surface area contributed by atoms with E-state index < -0.39 is 0 Å². The fourth-order valence-corrected chi connectivity index (χ4v) is 4.54. The molecule has 1 aromatic heterocycles. The third-order valence-corrected chi connectivity index (χ3v) is 6.46. The summed E-state index contributed by atoms with van der Waals surface area (Å²) in [7, 11) is 0. The standard InChI is InChI=1S/C26H28N4O3/c31-25(19-33-22-11-9-21(10-12-22)20-6-2-1-3-7-20)28-14-16-29(17-15-28)26(32)23-18-27-30-13-5-4-8-24(23)30/h1-3,6-7,9-12,18H,4-5,8,13-17,19H2. The van der Waals surface area contributed by atoms with Crippen molar-refractivity contribution in [3.8, 4) is 16.9 Å². The van der Waals surface area contributed by atoms with Gasteiger partial charge in [0.25, 0.3) is 11.8 Å². The number of ether oxygens (including phenoxy) is 1. The lowest BCUT2D eigenvalue weighted by molar-refractivity contribution is -0.134. The van der Waals surface area contributed by atoms with Crippen LogP contribution in [0.15, 0.2) is 60.8 Å². The molecular formula is C26H28N4O3. The fraction of sp³-hybridized carbons (Fsp3) is 0.346. The second-order valence-electron chi connectivity index (χ2n) is 8.54. The van der Waals surface area contributed by atoms with Gasteiger partial charge in [0.15, 0.2) is 6.61 Å². The molecule has 2 amide bonds. The average molecular weight is 445 g/mol. The van der Waals surface area contributed by atoms with Crippen molar-refractivity contribution in [3.63, 3.8) is 0 Å². The van der Waals surface area contributed by atoms with Crippen LogP contribution in [0.5, 0.6) is 5.75 Å². The van der Waals surface area contributed by atoms with E-state index in [4.69, 9.17) is 4.74 Å². The number of carbonyl (C=O) groups is 2. The summed E-state index contributed by atoms with van der Waals surface area (Å²) in [5.74, 6) is 0.639. The first kappa shape index (κ1) is 21.2. The van der Waals surface area contributed by atoms with E-state index in [0.717, 1.165) is 48.2 Å². The number of aromatic nitrogens is 2. The summed E-state index contributed by atoms with van der Waals surface area (Å²) in [5.41, 5.74) is 4.02. The molecule has 2 aliphatic heterocycles. The topological polar surface area (TPSA) is 67.7 Å². The van der Waals surface area contributed by atoms with Gasteiger partial charge >= 0.3 is 0 Å². The number of benzene rings is 2. The van der Waals surface area contributed by atoms with E-state index >= 15 is 0 Å². The highest BCUT2D eigenvalue weighted by Crippen LogP contribution is 2.23. The maximum Gasteiger partial charge on any atom is 0.260 e. The quantitative estimate of drug-likeness (QED) is 0.606.